The van der Waals surface area contributed by atoms with Gasteiger partial charge in [-0.3, -0.25) is 0 Å². The molecule has 0 saturated heterocycles. The fourth-order valence-electron chi connectivity index (χ4n) is 0. The average molecular weight is 140 g/mol. The molecule has 0 aromatic rings. The van der Waals surface area contributed by atoms with Gasteiger partial charge in [-0.05, 0) is 0 Å². The van der Waals surface area contributed by atoms with Gasteiger partial charge in [0.1, 0.15) is 0 Å². The fraction of sp³-hybridized carbons (Fsp3) is 1.00. The van der Waals surface area contributed by atoms with Crippen LogP contribution in [0, 0.1) is 0 Å². The van der Waals surface area contributed by atoms with Crippen molar-refractivity contribution >= 4 is 0 Å². The van der Waals surface area contributed by atoms with Crippen molar-refractivity contribution < 1.29 is 32.0 Å². The van der Waals surface area contributed by atoms with Gasteiger partial charge in [0.15, 0.2) is 0 Å². The van der Waals surface area contributed by atoms with E-state index in [1.807, 2.05) is 0 Å². The number of rotatable bonds is 1. The molecule has 0 nitrogen and oxygen atoms in total. The van der Waals surface area contributed by atoms with Gasteiger partial charge in [0, 0.05) is 0 Å². The molecule has 0 aromatic heterocycles. The van der Waals surface area contributed by atoms with E-state index in [0.29, 0.717) is 0 Å². The van der Waals surface area contributed by atoms with Crippen LogP contribution >= 0.6 is 0 Å². The second-order valence-electron chi connectivity index (χ2n) is 0.354. The van der Waals surface area contributed by atoms with Crippen LogP contribution in [0.5, 0.6) is 0 Å². The summed E-state index contributed by atoms with van der Waals surface area (Å²) in [7, 11) is 0. The summed E-state index contributed by atoms with van der Waals surface area (Å²) in [5.74, 6) is 0. The van der Waals surface area contributed by atoms with E-state index in [9.17, 15) is 0 Å². The van der Waals surface area contributed by atoms with Crippen LogP contribution in [0.25, 0.3) is 0 Å². The first-order valence-electron chi connectivity index (χ1n) is 1.000. The van der Waals surface area contributed by atoms with E-state index >= 15 is 0 Å². The van der Waals surface area contributed by atoms with E-state index in [4.69, 9.17) is 0 Å². The molecule has 0 N–H and O–H groups in total. The summed E-state index contributed by atoms with van der Waals surface area (Å²) in [6.07, 6.45) is 0. The molecule has 0 aliphatic rings. The number of hydrogen-bond acceptors (Lipinski definition) is 0. The molecule has 28 valence electrons. The predicted molar refractivity (Wildman–Crippen MR) is 9.61 cm³/mol. The van der Waals surface area contributed by atoms with Crippen LogP contribution in [-0.4, -0.2) is 0 Å². The van der Waals surface area contributed by atoms with Crippen molar-refractivity contribution in [1.29, 1.82) is 0 Å². The van der Waals surface area contributed by atoms with Crippen molar-refractivity contribution in [1.82, 2.24) is 0 Å². The van der Waals surface area contributed by atoms with Crippen molar-refractivity contribution in [3.63, 3.8) is 0 Å². The Hall–Kier alpha value is 1.04. The Bertz CT molecular complexity index is 6.00. The number of hydrogen-bond donors (Lipinski definition) is 0. The summed E-state index contributed by atoms with van der Waals surface area (Å²) < 4.78 is 0. The summed E-state index contributed by atoms with van der Waals surface area (Å²) >= 11 is 7.08. The van der Waals surface area contributed by atoms with Gasteiger partial charge in [-0.2, -0.15) is 0 Å². The third kappa shape index (κ3) is 3.04. The van der Waals surface area contributed by atoms with Crippen molar-refractivity contribution in [3.05, 3.63) is 0 Å². The quantitative estimate of drug-likeness (QED) is 0.474. The minimum atomic E-state index is 0.958. The van der Waals surface area contributed by atoms with Crippen LogP contribution in [0.4, 0.5) is 0 Å². The minimum absolute atomic E-state index is 0.958. The molecule has 0 aliphatic carbocycles. The van der Waals surface area contributed by atoms with Gasteiger partial charge in [0.2, 0.25) is 0 Å². The molecule has 0 aliphatic heterocycles. The summed E-state index contributed by atoms with van der Waals surface area (Å²) in [5.41, 5.74) is 0. The van der Waals surface area contributed by atoms with Gasteiger partial charge in [0.05, 0.1) is 0 Å². The van der Waals surface area contributed by atoms with Crippen molar-refractivity contribution in [2.24, 2.45) is 0 Å². The van der Waals surface area contributed by atoms with Crippen LogP contribution in [-0.2, 0) is 32.0 Å². The zero-order chi connectivity index (χ0) is 3.41. The Labute approximate surface area is 43.0 Å². The molecular formula is C2H4Fe2. The second-order valence-corrected chi connectivity index (χ2v) is 1.46. The van der Waals surface area contributed by atoms with E-state index in [-0.39, 0.29) is 0 Å². The fourth-order valence-corrected chi connectivity index (χ4v) is 0. The van der Waals surface area contributed by atoms with Crippen molar-refractivity contribution in [3.8, 4) is 0 Å². The first-order valence-corrected chi connectivity index (χ1v) is 2.56. The molecule has 0 saturated carbocycles. The molecule has 0 bridgehead atoms. The molecule has 0 rings (SSSR count). The summed E-state index contributed by atoms with van der Waals surface area (Å²) in [4.78, 5) is 0. The van der Waals surface area contributed by atoms with Crippen LogP contribution in [0.3, 0.4) is 0 Å². The van der Waals surface area contributed by atoms with Crippen LogP contribution in [0.15, 0.2) is 0 Å². The van der Waals surface area contributed by atoms with Crippen LogP contribution in [0.2, 0.25) is 10.6 Å². The molecule has 4 heavy (non-hydrogen) atoms. The normalized spacial score (nSPS) is 7.50. The standard InChI is InChI=1S/C2H4.2Fe/c1-2;;/h1-2H2;;. The third-order valence-electron chi connectivity index (χ3n) is 0.0625. The molecule has 0 radical (unpaired) electrons. The summed E-state index contributed by atoms with van der Waals surface area (Å²) in [5, 5.41) is 1.92. The zero-order valence-electron chi connectivity index (χ0n) is 2.12. The maximum atomic E-state index is 3.54. The Balaban J connectivity index is 1.97. The van der Waals surface area contributed by atoms with Gasteiger partial charge >= 0.3 is 42.7 Å². The molecule has 0 atom stereocenters. The Morgan fingerprint density at radius 2 is 1.25 bits per heavy atom. The van der Waals surface area contributed by atoms with Gasteiger partial charge in [-0.25, -0.2) is 0 Å². The van der Waals surface area contributed by atoms with Gasteiger partial charge in [-0.15, -0.1) is 0 Å². The monoisotopic (exact) mass is 140 g/mol. The second kappa shape index (κ2) is 4.04. The van der Waals surface area contributed by atoms with E-state index in [1.54, 1.807) is 0 Å². The average Bonchev–Trinajstić information content (AvgIpc) is 1.37. The Morgan fingerprint density at radius 1 is 1.00 bits per heavy atom. The van der Waals surface area contributed by atoms with Gasteiger partial charge < -0.3 is 0 Å². The van der Waals surface area contributed by atoms with Crippen molar-refractivity contribution in [2.75, 3.05) is 0 Å². The molecule has 2 heteroatoms. The Kier molecular flexibility index (Phi) is 5.09. The van der Waals surface area contributed by atoms with E-state index in [2.05, 4.69) is 32.0 Å². The molecule has 0 fully saturated rings. The van der Waals surface area contributed by atoms with Gasteiger partial charge in [0.25, 0.3) is 0 Å². The van der Waals surface area contributed by atoms with E-state index < -0.39 is 0 Å². The molecule has 0 amide bonds. The first kappa shape index (κ1) is 5.04. The van der Waals surface area contributed by atoms with Crippen LogP contribution in [0.1, 0.15) is 0 Å². The SMILES string of the molecule is [Fe][CH2][CH2][Fe]. The maximum absolute atomic E-state index is 3.54. The zero-order valence-corrected chi connectivity index (χ0v) is 4.33. The first-order chi connectivity index (χ1) is 1.91. The molecule has 0 aromatic carbocycles. The van der Waals surface area contributed by atoms with E-state index in [1.165, 1.54) is 0 Å². The summed E-state index contributed by atoms with van der Waals surface area (Å²) in [6, 6.07) is 0. The van der Waals surface area contributed by atoms with Gasteiger partial charge in [-0.1, -0.05) is 0 Å². The van der Waals surface area contributed by atoms with Crippen LogP contribution < -0.4 is 0 Å². The molecule has 0 spiro atoms. The topological polar surface area (TPSA) is 0 Å². The predicted octanol–water partition coefficient (Wildman–Crippen LogP) is 0.917. The van der Waals surface area contributed by atoms with E-state index in [0.717, 1.165) is 10.6 Å². The third-order valence-corrected chi connectivity index (χ3v) is 1.06. The van der Waals surface area contributed by atoms with Crippen molar-refractivity contribution in [2.45, 2.75) is 10.6 Å². The molecule has 0 unspecified atom stereocenters. The Morgan fingerprint density at radius 3 is 1.25 bits per heavy atom. The molecular weight excluding hydrogens is 136 g/mol. The summed E-state index contributed by atoms with van der Waals surface area (Å²) in [6.45, 7) is 0. The molecule has 0 heterocycles.